The molecule has 0 amide bonds. The number of anilines is 3. The summed E-state index contributed by atoms with van der Waals surface area (Å²) in [7, 11) is 1.35. The lowest BCUT2D eigenvalue weighted by atomic mass is 10.2. The van der Waals surface area contributed by atoms with Crippen molar-refractivity contribution in [1.82, 2.24) is 4.98 Å². The third-order valence-electron chi connectivity index (χ3n) is 2.07. The Labute approximate surface area is 120 Å². The number of thiazole rings is 1. The van der Waals surface area contributed by atoms with Crippen LogP contribution in [0.2, 0.25) is 0 Å². The molecule has 7 heteroatoms. The summed E-state index contributed by atoms with van der Waals surface area (Å²) in [4.78, 5) is 13.7. The maximum Gasteiger partial charge on any atom is 0.302 e. The summed E-state index contributed by atoms with van der Waals surface area (Å²) < 4.78 is 4.11. The zero-order chi connectivity index (χ0) is 15.0. The predicted octanol–water partition coefficient (Wildman–Crippen LogP) is 2.52. The van der Waals surface area contributed by atoms with Crippen LogP contribution in [0, 0.1) is 11.3 Å². The Balaban J connectivity index is 0.000000347. The number of nitrogens with zero attached hydrogens (tertiary/aromatic N) is 2. The first-order valence-electron chi connectivity index (χ1n) is 5.58. The van der Waals surface area contributed by atoms with E-state index in [1.807, 2.05) is 12.1 Å². The standard InChI is InChI=1S/C10H8N4S.C3H6O2/c11-5-7-1-3-8(4-2-7)13-10-14-9(12)6-15-10;1-3(4)5-2/h1-4,6H,12H2,(H,13,14);1-2H3. The van der Waals surface area contributed by atoms with Gasteiger partial charge in [0.1, 0.15) is 5.82 Å². The van der Waals surface area contributed by atoms with Crippen molar-refractivity contribution in [3.05, 3.63) is 35.2 Å². The molecule has 1 aromatic heterocycles. The molecule has 2 aromatic rings. The Morgan fingerprint density at radius 1 is 1.45 bits per heavy atom. The van der Waals surface area contributed by atoms with E-state index in [2.05, 4.69) is 21.1 Å². The number of rotatable bonds is 2. The van der Waals surface area contributed by atoms with E-state index in [4.69, 9.17) is 11.0 Å². The molecule has 0 saturated carbocycles. The number of carbonyl (C=O) groups excluding carboxylic acids is 1. The number of hydrogen-bond acceptors (Lipinski definition) is 7. The van der Waals surface area contributed by atoms with Gasteiger partial charge in [-0.1, -0.05) is 0 Å². The fourth-order valence-corrected chi connectivity index (χ4v) is 1.72. The molecule has 0 atom stereocenters. The van der Waals surface area contributed by atoms with Crippen LogP contribution in [0.4, 0.5) is 16.6 Å². The van der Waals surface area contributed by atoms with Crippen molar-refractivity contribution >= 4 is 33.9 Å². The molecule has 0 aliphatic carbocycles. The maximum atomic E-state index is 9.59. The lowest BCUT2D eigenvalue weighted by Gasteiger charge is -2.01. The topological polar surface area (TPSA) is 101 Å². The Bertz CT molecular complexity index is 602. The van der Waals surface area contributed by atoms with Crippen LogP contribution in [-0.2, 0) is 9.53 Å². The number of esters is 1. The second kappa shape index (κ2) is 7.76. The summed E-state index contributed by atoms with van der Waals surface area (Å²) in [5, 5.41) is 14.2. The molecule has 1 heterocycles. The van der Waals surface area contributed by atoms with E-state index in [1.165, 1.54) is 25.4 Å². The molecule has 0 aliphatic heterocycles. The molecule has 2 rings (SSSR count). The van der Waals surface area contributed by atoms with Gasteiger partial charge in [0.05, 0.1) is 18.7 Å². The van der Waals surface area contributed by atoms with Crippen LogP contribution in [-0.4, -0.2) is 18.1 Å². The van der Waals surface area contributed by atoms with Gasteiger partial charge < -0.3 is 15.8 Å². The van der Waals surface area contributed by atoms with E-state index in [1.54, 1.807) is 17.5 Å². The number of carbonyl (C=O) groups is 1. The van der Waals surface area contributed by atoms with Crippen molar-refractivity contribution < 1.29 is 9.53 Å². The summed E-state index contributed by atoms with van der Waals surface area (Å²) in [6.07, 6.45) is 0. The lowest BCUT2D eigenvalue weighted by Crippen LogP contribution is -1.90. The van der Waals surface area contributed by atoms with E-state index in [9.17, 15) is 4.79 Å². The fraction of sp³-hybridized carbons (Fsp3) is 0.154. The summed E-state index contributed by atoms with van der Waals surface area (Å²) >= 11 is 1.44. The van der Waals surface area contributed by atoms with Crippen LogP contribution in [0.25, 0.3) is 0 Å². The van der Waals surface area contributed by atoms with Crippen LogP contribution < -0.4 is 11.1 Å². The Kier molecular flexibility index (Phi) is 6.00. The van der Waals surface area contributed by atoms with E-state index in [0.29, 0.717) is 11.4 Å². The predicted molar refractivity (Wildman–Crippen MR) is 78.7 cm³/mol. The minimum absolute atomic E-state index is 0.245. The largest absolute Gasteiger partial charge is 0.469 e. The average molecular weight is 290 g/mol. The number of nitriles is 1. The van der Waals surface area contributed by atoms with Crippen LogP contribution in [0.5, 0.6) is 0 Å². The van der Waals surface area contributed by atoms with Crippen molar-refractivity contribution in [3.8, 4) is 6.07 Å². The second-order valence-corrected chi connectivity index (χ2v) is 4.45. The highest BCUT2D eigenvalue weighted by Crippen LogP contribution is 2.21. The third kappa shape index (κ3) is 5.37. The van der Waals surface area contributed by atoms with E-state index >= 15 is 0 Å². The summed E-state index contributed by atoms with van der Waals surface area (Å²) in [6.45, 7) is 1.36. The van der Waals surface area contributed by atoms with Crippen molar-refractivity contribution in [2.24, 2.45) is 0 Å². The molecule has 6 nitrogen and oxygen atoms in total. The van der Waals surface area contributed by atoms with Gasteiger partial charge in [0.15, 0.2) is 5.13 Å². The molecular formula is C13H14N4O2S. The molecule has 0 saturated heterocycles. The quantitative estimate of drug-likeness (QED) is 0.824. The van der Waals surface area contributed by atoms with Gasteiger partial charge in [-0.25, -0.2) is 4.98 Å². The molecule has 20 heavy (non-hydrogen) atoms. The average Bonchev–Trinajstić information content (AvgIpc) is 2.85. The number of ether oxygens (including phenoxy) is 1. The van der Waals surface area contributed by atoms with Crippen LogP contribution in [0.1, 0.15) is 12.5 Å². The highest BCUT2D eigenvalue weighted by molar-refractivity contribution is 7.14. The van der Waals surface area contributed by atoms with Gasteiger partial charge >= 0.3 is 5.97 Å². The number of nitrogens with two attached hydrogens (primary N) is 1. The van der Waals surface area contributed by atoms with Crippen molar-refractivity contribution in [3.63, 3.8) is 0 Å². The first-order valence-corrected chi connectivity index (χ1v) is 6.46. The van der Waals surface area contributed by atoms with Crippen LogP contribution >= 0.6 is 11.3 Å². The lowest BCUT2D eigenvalue weighted by molar-refractivity contribution is -0.137. The fourth-order valence-electron chi connectivity index (χ4n) is 1.10. The first-order chi connectivity index (χ1) is 9.55. The highest BCUT2D eigenvalue weighted by atomic mass is 32.1. The molecular weight excluding hydrogens is 276 g/mol. The zero-order valence-corrected chi connectivity index (χ0v) is 11.9. The van der Waals surface area contributed by atoms with Gasteiger partial charge in [0.2, 0.25) is 0 Å². The van der Waals surface area contributed by atoms with Crippen molar-refractivity contribution in [2.45, 2.75) is 6.92 Å². The SMILES string of the molecule is COC(C)=O.N#Cc1ccc(Nc2nc(N)cs2)cc1. The van der Waals surface area contributed by atoms with Gasteiger partial charge in [0, 0.05) is 18.0 Å². The summed E-state index contributed by atoms with van der Waals surface area (Å²) in [6, 6.07) is 9.22. The van der Waals surface area contributed by atoms with Gasteiger partial charge in [0.25, 0.3) is 0 Å². The molecule has 0 aliphatic rings. The van der Waals surface area contributed by atoms with Gasteiger partial charge in [-0.3, -0.25) is 4.79 Å². The molecule has 0 fully saturated rings. The number of aromatic nitrogens is 1. The Morgan fingerprint density at radius 3 is 2.45 bits per heavy atom. The number of hydrogen-bond donors (Lipinski definition) is 2. The van der Waals surface area contributed by atoms with Crippen LogP contribution in [0.3, 0.4) is 0 Å². The zero-order valence-electron chi connectivity index (χ0n) is 11.1. The minimum atomic E-state index is -0.245. The number of nitrogen functional groups attached to an aromatic ring is 1. The van der Waals surface area contributed by atoms with E-state index in [-0.39, 0.29) is 5.97 Å². The normalized spacial score (nSPS) is 8.85. The van der Waals surface area contributed by atoms with Crippen molar-refractivity contribution in [2.75, 3.05) is 18.2 Å². The third-order valence-corrected chi connectivity index (χ3v) is 2.85. The van der Waals surface area contributed by atoms with Gasteiger partial charge in [-0.05, 0) is 24.3 Å². The monoisotopic (exact) mass is 290 g/mol. The second-order valence-electron chi connectivity index (χ2n) is 3.59. The van der Waals surface area contributed by atoms with Gasteiger partial charge in [-0.2, -0.15) is 5.26 Å². The van der Waals surface area contributed by atoms with Crippen LogP contribution in [0.15, 0.2) is 29.6 Å². The molecule has 1 aromatic carbocycles. The number of methoxy groups -OCH3 is 1. The molecule has 0 bridgehead atoms. The van der Waals surface area contributed by atoms with Crippen molar-refractivity contribution in [1.29, 1.82) is 5.26 Å². The molecule has 3 N–H and O–H groups in total. The summed E-state index contributed by atoms with van der Waals surface area (Å²) in [5.41, 5.74) is 7.02. The molecule has 0 spiro atoms. The number of benzene rings is 1. The maximum absolute atomic E-state index is 9.59. The number of nitrogens with one attached hydrogen (secondary N) is 1. The smallest absolute Gasteiger partial charge is 0.302 e. The minimum Gasteiger partial charge on any atom is -0.469 e. The molecule has 104 valence electrons. The van der Waals surface area contributed by atoms with Gasteiger partial charge in [-0.15, -0.1) is 11.3 Å². The summed E-state index contributed by atoms with van der Waals surface area (Å²) in [5.74, 6) is 0.265. The van der Waals surface area contributed by atoms with E-state index < -0.39 is 0 Å². The Hall–Kier alpha value is -2.59. The molecule has 0 radical (unpaired) electrons. The Morgan fingerprint density at radius 2 is 2.05 bits per heavy atom. The highest BCUT2D eigenvalue weighted by Gasteiger charge is 1.99. The molecule has 0 unspecified atom stereocenters. The van der Waals surface area contributed by atoms with E-state index in [0.717, 1.165) is 10.8 Å². The first kappa shape index (κ1) is 15.5.